The molecule has 0 aromatic heterocycles. The molecule has 1 fully saturated rings. The Hall–Kier alpha value is -1.90. The molecule has 4 nitrogen and oxygen atoms in total. The van der Waals surface area contributed by atoms with Crippen molar-refractivity contribution in [2.75, 3.05) is 19.7 Å². The highest BCUT2D eigenvalue weighted by Crippen LogP contribution is 2.22. The molecule has 2 rings (SSSR count). The molecule has 0 aliphatic carbocycles. The fourth-order valence-corrected chi connectivity index (χ4v) is 2.32. The highest BCUT2D eigenvalue weighted by molar-refractivity contribution is 5.86. The number of carbonyl (C=O) groups is 1. The molecule has 0 unspecified atom stereocenters. The van der Waals surface area contributed by atoms with Gasteiger partial charge in [-0.3, -0.25) is 9.69 Å². The van der Waals surface area contributed by atoms with Gasteiger partial charge in [0.05, 0.1) is 5.54 Å². The summed E-state index contributed by atoms with van der Waals surface area (Å²) >= 11 is 0. The van der Waals surface area contributed by atoms with Crippen LogP contribution >= 0.6 is 0 Å². The van der Waals surface area contributed by atoms with Gasteiger partial charge in [-0.15, -0.1) is 0 Å². The summed E-state index contributed by atoms with van der Waals surface area (Å²) in [6, 6.07) is 4.76. The molecule has 5 heteroatoms. The van der Waals surface area contributed by atoms with Crippen molar-refractivity contribution >= 4 is 5.91 Å². The number of piperazine rings is 1. The van der Waals surface area contributed by atoms with Crippen molar-refractivity contribution in [3.8, 4) is 11.8 Å². The summed E-state index contributed by atoms with van der Waals surface area (Å²) in [6.45, 7) is 5.05. The SMILES string of the molecule is CC1(C)C(=O)NCCN1Cc1ccc(C#CCO)cc1F. The highest BCUT2D eigenvalue weighted by Gasteiger charge is 2.37. The van der Waals surface area contributed by atoms with E-state index in [0.29, 0.717) is 30.8 Å². The first kappa shape index (κ1) is 15.5. The highest BCUT2D eigenvalue weighted by atomic mass is 19.1. The fourth-order valence-electron chi connectivity index (χ4n) is 2.32. The Bertz CT molecular complexity index is 602. The van der Waals surface area contributed by atoms with Crippen LogP contribution in [0.1, 0.15) is 25.0 Å². The van der Waals surface area contributed by atoms with Crippen molar-refractivity contribution in [2.24, 2.45) is 0 Å². The van der Waals surface area contributed by atoms with E-state index in [4.69, 9.17) is 5.11 Å². The van der Waals surface area contributed by atoms with Crippen molar-refractivity contribution in [3.63, 3.8) is 0 Å². The summed E-state index contributed by atoms with van der Waals surface area (Å²) in [5.41, 5.74) is 0.410. The summed E-state index contributed by atoms with van der Waals surface area (Å²) in [5.74, 6) is 4.77. The number of rotatable bonds is 2. The molecule has 1 aliphatic rings. The van der Waals surface area contributed by atoms with Crippen LogP contribution < -0.4 is 5.32 Å². The minimum atomic E-state index is -0.653. The van der Waals surface area contributed by atoms with Gasteiger partial charge in [0.15, 0.2) is 0 Å². The van der Waals surface area contributed by atoms with Gasteiger partial charge in [-0.05, 0) is 26.0 Å². The zero-order chi connectivity index (χ0) is 15.5. The number of benzene rings is 1. The maximum atomic E-state index is 14.1. The third-order valence-corrected chi connectivity index (χ3v) is 3.74. The molecular formula is C16H19FN2O2. The van der Waals surface area contributed by atoms with E-state index in [1.807, 2.05) is 18.7 Å². The van der Waals surface area contributed by atoms with Crippen molar-refractivity contribution in [2.45, 2.75) is 25.9 Å². The van der Waals surface area contributed by atoms with E-state index in [9.17, 15) is 9.18 Å². The largest absolute Gasteiger partial charge is 0.384 e. The second-order valence-corrected chi connectivity index (χ2v) is 5.50. The van der Waals surface area contributed by atoms with Gasteiger partial charge in [-0.1, -0.05) is 17.9 Å². The third-order valence-electron chi connectivity index (χ3n) is 3.74. The topological polar surface area (TPSA) is 52.6 Å². The third kappa shape index (κ3) is 3.41. The van der Waals surface area contributed by atoms with E-state index in [2.05, 4.69) is 17.2 Å². The van der Waals surface area contributed by atoms with Gasteiger partial charge < -0.3 is 10.4 Å². The fraction of sp³-hybridized carbons (Fsp3) is 0.438. The summed E-state index contributed by atoms with van der Waals surface area (Å²) < 4.78 is 14.1. The van der Waals surface area contributed by atoms with Crippen LogP contribution in [0.4, 0.5) is 4.39 Å². The first-order valence-corrected chi connectivity index (χ1v) is 6.86. The first-order chi connectivity index (χ1) is 9.95. The average Bonchev–Trinajstić information content (AvgIpc) is 2.44. The Morgan fingerprint density at radius 3 is 2.90 bits per heavy atom. The van der Waals surface area contributed by atoms with Gasteiger partial charge in [-0.25, -0.2) is 4.39 Å². The Labute approximate surface area is 124 Å². The predicted molar refractivity (Wildman–Crippen MR) is 77.9 cm³/mol. The normalized spacial score (nSPS) is 17.8. The molecule has 1 aromatic rings. The Kier molecular flexibility index (Phi) is 4.61. The number of halogens is 1. The number of nitrogens with one attached hydrogen (secondary N) is 1. The van der Waals surface area contributed by atoms with Crippen LogP contribution in [0.25, 0.3) is 0 Å². The molecule has 1 aliphatic heterocycles. The van der Waals surface area contributed by atoms with Crippen molar-refractivity contribution in [1.82, 2.24) is 10.2 Å². The van der Waals surface area contributed by atoms with Crippen LogP contribution in [0.2, 0.25) is 0 Å². The van der Waals surface area contributed by atoms with Gasteiger partial charge in [0.25, 0.3) is 0 Å². The van der Waals surface area contributed by atoms with Gasteiger partial charge in [0.2, 0.25) is 5.91 Å². The van der Waals surface area contributed by atoms with Gasteiger partial charge in [-0.2, -0.15) is 0 Å². The van der Waals surface area contributed by atoms with Crippen LogP contribution in [0, 0.1) is 17.7 Å². The number of aliphatic hydroxyl groups is 1. The zero-order valence-corrected chi connectivity index (χ0v) is 12.2. The van der Waals surface area contributed by atoms with Crippen molar-refractivity contribution < 1.29 is 14.3 Å². The number of carbonyl (C=O) groups excluding carboxylic acids is 1. The molecule has 0 spiro atoms. The summed E-state index contributed by atoms with van der Waals surface area (Å²) in [5, 5.41) is 11.5. The molecular weight excluding hydrogens is 271 g/mol. The predicted octanol–water partition coefficient (Wildman–Crippen LogP) is 0.880. The molecule has 1 aromatic carbocycles. The zero-order valence-electron chi connectivity index (χ0n) is 12.2. The minimum Gasteiger partial charge on any atom is -0.384 e. The maximum absolute atomic E-state index is 14.1. The van der Waals surface area contributed by atoms with Crippen molar-refractivity contribution in [3.05, 3.63) is 35.1 Å². The van der Waals surface area contributed by atoms with Gasteiger partial charge in [0.1, 0.15) is 12.4 Å². The molecule has 1 amide bonds. The van der Waals surface area contributed by atoms with Crippen LogP contribution in [-0.4, -0.2) is 41.1 Å². The molecule has 0 atom stereocenters. The van der Waals surface area contributed by atoms with E-state index in [-0.39, 0.29) is 18.3 Å². The minimum absolute atomic E-state index is 0.0420. The van der Waals surface area contributed by atoms with Crippen molar-refractivity contribution in [1.29, 1.82) is 0 Å². The van der Waals surface area contributed by atoms with E-state index in [0.717, 1.165) is 0 Å². The lowest BCUT2D eigenvalue weighted by Crippen LogP contribution is -2.61. The monoisotopic (exact) mass is 290 g/mol. The summed E-state index contributed by atoms with van der Waals surface area (Å²) in [4.78, 5) is 13.8. The summed E-state index contributed by atoms with van der Waals surface area (Å²) in [7, 11) is 0. The molecule has 1 saturated heterocycles. The van der Waals surface area contributed by atoms with E-state index in [1.165, 1.54) is 6.07 Å². The average molecular weight is 290 g/mol. The molecule has 0 radical (unpaired) electrons. The molecule has 0 bridgehead atoms. The Balaban J connectivity index is 2.18. The second-order valence-electron chi connectivity index (χ2n) is 5.50. The number of hydrogen-bond acceptors (Lipinski definition) is 3. The quantitative estimate of drug-likeness (QED) is 0.795. The smallest absolute Gasteiger partial charge is 0.240 e. The van der Waals surface area contributed by atoms with Gasteiger partial charge >= 0.3 is 0 Å². The maximum Gasteiger partial charge on any atom is 0.240 e. The van der Waals surface area contributed by atoms with Crippen LogP contribution in [0.15, 0.2) is 18.2 Å². The second kappa shape index (κ2) is 6.25. The Morgan fingerprint density at radius 1 is 1.48 bits per heavy atom. The van der Waals surface area contributed by atoms with E-state index in [1.54, 1.807) is 12.1 Å². The molecule has 0 saturated carbocycles. The molecule has 112 valence electrons. The molecule has 21 heavy (non-hydrogen) atoms. The Morgan fingerprint density at radius 2 is 2.24 bits per heavy atom. The number of amides is 1. The lowest BCUT2D eigenvalue weighted by Gasteiger charge is -2.41. The van der Waals surface area contributed by atoms with Crippen LogP contribution in [-0.2, 0) is 11.3 Å². The van der Waals surface area contributed by atoms with E-state index >= 15 is 0 Å². The number of aliphatic hydroxyl groups excluding tert-OH is 1. The summed E-state index contributed by atoms with van der Waals surface area (Å²) in [6.07, 6.45) is 0. The molecule has 1 heterocycles. The first-order valence-electron chi connectivity index (χ1n) is 6.86. The lowest BCUT2D eigenvalue weighted by atomic mass is 9.97. The molecule has 2 N–H and O–H groups in total. The van der Waals surface area contributed by atoms with Crippen LogP contribution in [0.5, 0.6) is 0 Å². The van der Waals surface area contributed by atoms with E-state index < -0.39 is 5.54 Å². The standard InChI is InChI=1S/C16H19FN2O2/c1-16(2)15(21)18-7-8-19(16)11-13-6-5-12(4-3-9-20)10-14(13)17/h5-6,10,20H,7-9,11H2,1-2H3,(H,18,21). The van der Waals surface area contributed by atoms with Gasteiger partial charge in [0, 0.05) is 30.8 Å². The van der Waals surface area contributed by atoms with Crippen LogP contribution in [0.3, 0.4) is 0 Å². The number of hydrogen-bond donors (Lipinski definition) is 2. The lowest BCUT2D eigenvalue weighted by molar-refractivity contribution is -0.135. The number of nitrogens with zero attached hydrogens (tertiary/aromatic N) is 1.